The average Bonchev–Trinajstić information content (AvgIpc) is 2.15. The third-order valence-electron chi connectivity index (χ3n) is 2.37. The number of nitrogens with two attached hydrogens (primary N) is 1. The first kappa shape index (κ1) is 9.21. The van der Waals surface area contributed by atoms with Gasteiger partial charge in [-0.2, -0.15) is 0 Å². The van der Waals surface area contributed by atoms with Gasteiger partial charge in [0.1, 0.15) is 5.82 Å². The Balaban J connectivity index is 2.03. The van der Waals surface area contributed by atoms with Crippen LogP contribution in [0.3, 0.4) is 0 Å². The topological polar surface area (TPSA) is 62.4 Å². The molecule has 0 amide bonds. The first-order chi connectivity index (χ1) is 6.63. The molecule has 14 heavy (non-hydrogen) atoms. The Bertz CT molecular complexity index is 321. The lowest BCUT2D eigenvalue weighted by molar-refractivity contribution is 0.0444. The number of nitrogen functional groups attached to an aromatic ring is 1. The number of pyridine rings is 1. The normalized spacial score (nSPS) is 19.1. The number of hydrogen-bond donors (Lipinski definition) is 2. The van der Waals surface area contributed by atoms with Crippen LogP contribution in [0, 0.1) is 0 Å². The second kappa shape index (κ2) is 3.09. The molecule has 2 rings (SSSR count). The molecule has 1 aromatic rings. The lowest BCUT2D eigenvalue weighted by Gasteiger charge is -2.44. The van der Waals surface area contributed by atoms with Crippen molar-refractivity contribution < 1.29 is 9.50 Å². The molecule has 0 aliphatic carbocycles. The van der Waals surface area contributed by atoms with Crippen LogP contribution in [0.1, 0.15) is 0 Å². The van der Waals surface area contributed by atoms with Gasteiger partial charge in [-0.3, -0.25) is 0 Å². The Kier molecular flexibility index (Phi) is 2.03. The minimum Gasteiger partial charge on any atom is -0.393 e. The van der Waals surface area contributed by atoms with Crippen LogP contribution in [0.4, 0.5) is 15.9 Å². The van der Waals surface area contributed by atoms with E-state index in [1.54, 1.807) is 18.3 Å². The van der Waals surface area contributed by atoms with Gasteiger partial charge in [0.25, 0.3) is 0 Å². The molecule has 76 valence electrons. The molecule has 1 aliphatic heterocycles. The minimum absolute atomic E-state index is 0.217. The van der Waals surface area contributed by atoms with Crippen molar-refractivity contribution >= 4 is 11.5 Å². The summed E-state index contributed by atoms with van der Waals surface area (Å²) in [7, 11) is 0. The van der Waals surface area contributed by atoms with Crippen LogP contribution in [0.15, 0.2) is 18.3 Å². The summed E-state index contributed by atoms with van der Waals surface area (Å²) in [4.78, 5) is 5.71. The number of aliphatic hydroxyl groups excluding tert-OH is 1. The molecule has 2 heterocycles. The average molecular weight is 197 g/mol. The van der Waals surface area contributed by atoms with Crippen molar-refractivity contribution in [2.75, 3.05) is 30.3 Å². The standard InChI is InChI=1S/C9H12FN3O/c10-9(6-14)4-13(5-9)7-1-2-8(11)12-3-7/h1-3,14H,4-6H2,(H2,11,12). The lowest BCUT2D eigenvalue weighted by Crippen LogP contribution is -2.61. The van der Waals surface area contributed by atoms with Crippen molar-refractivity contribution in [3.05, 3.63) is 18.3 Å². The summed E-state index contributed by atoms with van der Waals surface area (Å²) in [5.41, 5.74) is 4.81. The first-order valence-corrected chi connectivity index (χ1v) is 4.39. The zero-order chi connectivity index (χ0) is 10.2. The van der Waals surface area contributed by atoms with E-state index >= 15 is 0 Å². The Labute approximate surface area is 81.2 Å². The summed E-state index contributed by atoms with van der Waals surface area (Å²) in [6.45, 7) is 0.0100. The zero-order valence-electron chi connectivity index (χ0n) is 7.65. The largest absolute Gasteiger partial charge is 0.393 e. The fourth-order valence-electron chi connectivity index (χ4n) is 1.50. The van der Waals surface area contributed by atoms with Crippen molar-refractivity contribution in [2.24, 2.45) is 0 Å². The molecule has 1 saturated heterocycles. The molecule has 3 N–H and O–H groups in total. The highest BCUT2D eigenvalue weighted by Gasteiger charge is 2.43. The molecule has 0 spiro atoms. The van der Waals surface area contributed by atoms with Crippen LogP contribution in [-0.4, -0.2) is 35.5 Å². The molecule has 0 saturated carbocycles. The quantitative estimate of drug-likeness (QED) is 0.710. The molecule has 1 fully saturated rings. The summed E-state index contributed by atoms with van der Waals surface area (Å²) >= 11 is 0. The number of alkyl halides is 1. The van der Waals surface area contributed by atoms with Crippen LogP contribution in [0.2, 0.25) is 0 Å². The molecule has 0 bridgehead atoms. The van der Waals surface area contributed by atoms with Crippen molar-refractivity contribution in [1.82, 2.24) is 4.98 Å². The third kappa shape index (κ3) is 1.50. The van der Waals surface area contributed by atoms with Gasteiger partial charge in [-0.15, -0.1) is 0 Å². The van der Waals surface area contributed by atoms with Gasteiger partial charge in [0.15, 0.2) is 5.67 Å². The summed E-state index contributed by atoms with van der Waals surface area (Å²) in [5, 5.41) is 8.72. The molecular formula is C9H12FN3O. The Morgan fingerprint density at radius 1 is 1.57 bits per heavy atom. The summed E-state index contributed by atoms with van der Waals surface area (Å²) < 4.78 is 13.3. The first-order valence-electron chi connectivity index (χ1n) is 4.39. The highest BCUT2D eigenvalue weighted by molar-refractivity contribution is 5.51. The van der Waals surface area contributed by atoms with Crippen molar-refractivity contribution in [3.63, 3.8) is 0 Å². The molecule has 0 radical (unpaired) electrons. The van der Waals surface area contributed by atoms with E-state index in [9.17, 15) is 4.39 Å². The smallest absolute Gasteiger partial charge is 0.168 e. The monoisotopic (exact) mass is 197 g/mol. The molecule has 0 unspecified atom stereocenters. The Morgan fingerprint density at radius 3 is 2.79 bits per heavy atom. The van der Waals surface area contributed by atoms with Crippen molar-refractivity contribution in [3.8, 4) is 0 Å². The minimum atomic E-state index is -1.44. The van der Waals surface area contributed by atoms with Crippen molar-refractivity contribution in [2.45, 2.75) is 5.67 Å². The molecule has 0 aromatic carbocycles. The van der Waals surface area contributed by atoms with Gasteiger partial charge in [-0.05, 0) is 12.1 Å². The van der Waals surface area contributed by atoms with Gasteiger partial charge in [0.2, 0.25) is 0 Å². The van der Waals surface area contributed by atoms with Crippen LogP contribution in [0.5, 0.6) is 0 Å². The van der Waals surface area contributed by atoms with E-state index in [0.29, 0.717) is 5.82 Å². The zero-order valence-corrected chi connectivity index (χ0v) is 7.65. The summed E-state index contributed by atoms with van der Waals surface area (Å²) in [5.74, 6) is 0.447. The van der Waals surface area contributed by atoms with Gasteiger partial charge in [0.05, 0.1) is 31.6 Å². The molecule has 4 nitrogen and oxygen atoms in total. The van der Waals surface area contributed by atoms with E-state index in [2.05, 4.69) is 4.98 Å². The van der Waals surface area contributed by atoms with Crippen LogP contribution >= 0.6 is 0 Å². The maximum Gasteiger partial charge on any atom is 0.168 e. The van der Waals surface area contributed by atoms with E-state index in [1.165, 1.54) is 0 Å². The lowest BCUT2D eigenvalue weighted by atomic mass is 9.97. The van der Waals surface area contributed by atoms with Crippen molar-refractivity contribution in [1.29, 1.82) is 0 Å². The highest BCUT2D eigenvalue weighted by atomic mass is 19.1. The molecule has 1 aliphatic rings. The fraction of sp³-hybridized carbons (Fsp3) is 0.444. The SMILES string of the molecule is Nc1ccc(N2CC(F)(CO)C2)cn1. The van der Waals surface area contributed by atoms with E-state index in [-0.39, 0.29) is 13.1 Å². The van der Waals surface area contributed by atoms with E-state index < -0.39 is 12.3 Å². The van der Waals surface area contributed by atoms with Gasteiger partial charge in [-0.25, -0.2) is 9.37 Å². The molecule has 0 atom stereocenters. The maximum absolute atomic E-state index is 13.3. The Hall–Kier alpha value is -1.36. The second-order valence-electron chi connectivity index (χ2n) is 3.61. The van der Waals surface area contributed by atoms with Crippen LogP contribution in [-0.2, 0) is 0 Å². The van der Waals surface area contributed by atoms with E-state index in [4.69, 9.17) is 10.8 Å². The molecular weight excluding hydrogens is 185 g/mol. The number of rotatable bonds is 2. The Morgan fingerprint density at radius 2 is 2.29 bits per heavy atom. The predicted molar refractivity (Wildman–Crippen MR) is 51.8 cm³/mol. The molecule has 1 aromatic heterocycles. The van der Waals surface area contributed by atoms with Crippen LogP contribution < -0.4 is 10.6 Å². The predicted octanol–water partition coefficient (Wildman–Crippen LogP) is 0.184. The number of hydrogen-bond acceptors (Lipinski definition) is 4. The van der Waals surface area contributed by atoms with Gasteiger partial charge < -0.3 is 15.7 Å². The number of halogens is 1. The second-order valence-corrected chi connectivity index (χ2v) is 3.61. The van der Waals surface area contributed by atoms with E-state index in [1.807, 2.05) is 4.90 Å². The third-order valence-corrected chi connectivity index (χ3v) is 2.37. The van der Waals surface area contributed by atoms with E-state index in [0.717, 1.165) is 5.69 Å². The van der Waals surface area contributed by atoms with Gasteiger partial charge in [0, 0.05) is 0 Å². The van der Waals surface area contributed by atoms with Gasteiger partial charge >= 0.3 is 0 Å². The maximum atomic E-state index is 13.3. The van der Waals surface area contributed by atoms with Crippen LogP contribution in [0.25, 0.3) is 0 Å². The molecule has 5 heteroatoms. The number of nitrogens with zero attached hydrogens (tertiary/aromatic N) is 2. The number of aliphatic hydroxyl groups is 1. The summed E-state index contributed by atoms with van der Waals surface area (Å²) in [6.07, 6.45) is 1.60. The fourth-order valence-corrected chi connectivity index (χ4v) is 1.50. The van der Waals surface area contributed by atoms with Gasteiger partial charge in [-0.1, -0.05) is 0 Å². The summed E-state index contributed by atoms with van der Waals surface area (Å²) in [6, 6.07) is 3.46. The number of anilines is 2. The highest BCUT2D eigenvalue weighted by Crippen LogP contribution is 2.29. The number of aromatic nitrogens is 1.